The van der Waals surface area contributed by atoms with Crippen LogP contribution in [-0.4, -0.2) is 31.0 Å². The molecule has 354 valence electrons. The minimum Gasteiger partial charge on any atom is -0.346 e. The quantitative estimate of drug-likeness (QED) is 0.0954. The van der Waals surface area contributed by atoms with Crippen LogP contribution in [0.1, 0.15) is 69.2 Å². The number of aryl methyl sites for hydroxylation is 1. The van der Waals surface area contributed by atoms with Crippen molar-refractivity contribution in [3.8, 4) is 0 Å². The van der Waals surface area contributed by atoms with Crippen LogP contribution in [0.25, 0.3) is 63.5 Å². The zero-order valence-corrected chi connectivity index (χ0v) is 41.5. The maximum atomic E-state index is 5.88. The summed E-state index contributed by atoms with van der Waals surface area (Å²) >= 11 is 3.72. The van der Waals surface area contributed by atoms with E-state index in [1.54, 1.807) is 0 Å². The molecule has 0 unspecified atom stereocenters. The van der Waals surface area contributed by atoms with E-state index >= 15 is 0 Å². The number of nitrogens with zero attached hydrogens (tertiary/aromatic N) is 3. The lowest BCUT2D eigenvalue weighted by Gasteiger charge is -2.25. The summed E-state index contributed by atoms with van der Waals surface area (Å²) in [5.41, 5.74) is 9.17. The van der Waals surface area contributed by atoms with E-state index in [1.165, 1.54) is 106 Å². The first-order valence-electron chi connectivity index (χ1n) is 25.3. The molecule has 2 aliphatic heterocycles. The normalized spacial score (nSPS) is 14.7. The Morgan fingerprint density at radius 3 is 1.35 bits per heavy atom. The predicted octanol–water partition coefficient (Wildman–Crippen LogP) is 17.9. The summed E-state index contributed by atoms with van der Waals surface area (Å²) in [6, 6.07) is 62.8. The molecule has 5 heterocycles. The van der Waals surface area contributed by atoms with Gasteiger partial charge in [0.05, 0.1) is 37.8 Å². The molecule has 11 aromatic rings. The molecular formula is C62H55N3O4S2. The molecule has 2 saturated heterocycles. The Kier molecular flexibility index (Phi) is 12.0. The van der Waals surface area contributed by atoms with Crippen molar-refractivity contribution in [3.63, 3.8) is 0 Å². The van der Waals surface area contributed by atoms with E-state index in [4.69, 9.17) is 18.9 Å². The van der Waals surface area contributed by atoms with E-state index in [1.807, 2.05) is 22.7 Å². The minimum atomic E-state index is -0.320. The van der Waals surface area contributed by atoms with Gasteiger partial charge in [0, 0.05) is 71.0 Å². The van der Waals surface area contributed by atoms with Gasteiger partial charge < -0.3 is 33.3 Å². The van der Waals surface area contributed by atoms with Crippen LogP contribution < -0.4 is 9.80 Å². The molecule has 0 amide bonds. The average molecular weight is 970 g/mol. The molecule has 2 aliphatic rings. The van der Waals surface area contributed by atoms with Crippen LogP contribution in [-0.2, 0) is 25.5 Å². The Balaban J connectivity index is 0.948. The number of fused-ring (bicyclic) bond motifs is 7. The van der Waals surface area contributed by atoms with Crippen LogP contribution in [0.3, 0.4) is 0 Å². The summed E-state index contributed by atoms with van der Waals surface area (Å²) < 4.78 is 28.7. The van der Waals surface area contributed by atoms with Crippen molar-refractivity contribution in [2.45, 2.75) is 64.6 Å². The lowest BCUT2D eigenvalue weighted by Crippen LogP contribution is -2.09. The van der Waals surface area contributed by atoms with Gasteiger partial charge in [0.2, 0.25) is 0 Å². The van der Waals surface area contributed by atoms with Crippen molar-refractivity contribution in [1.29, 1.82) is 0 Å². The Hall–Kier alpha value is -6.56. The third kappa shape index (κ3) is 8.34. The number of hydrogen-bond acceptors (Lipinski definition) is 8. The number of aromatic nitrogens is 1. The third-order valence-electron chi connectivity index (χ3n) is 14.4. The maximum Gasteiger partial charge on any atom is 0.184 e. The first kappa shape index (κ1) is 44.4. The number of benzene rings is 8. The van der Waals surface area contributed by atoms with Gasteiger partial charge in [0.1, 0.15) is 10.0 Å². The van der Waals surface area contributed by atoms with E-state index in [2.05, 4.69) is 191 Å². The molecule has 3 aromatic heterocycles. The maximum absolute atomic E-state index is 5.88. The zero-order valence-electron chi connectivity index (χ0n) is 39.9. The molecule has 71 heavy (non-hydrogen) atoms. The van der Waals surface area contributed by atoms with E-state index in [-0.39, 0.29) is 12.6 Å². The monoisotopic (exact) mass is 969 g/mol. The fourth-order valence-corrected chi connectivity index (χ4v) is 13.1. The highest BCUT2D eigenvalue weighted by Gasteiger charge is 2.25. The molecule has 0 spiro atoms. The first-order chi connectivity index (χ1) is 35.1. The van der Waals surface area contributed by atoms with Crippen LogP contribution in [0.2, 0.25) is 0 Å². The van der Waals surface area contributed by atoms with Crippen LogP contribution in [0.5, 0.6) is 0 Å². The van der Waals surface area contributed by atoms with Crippen molar-refractivity contribution < 1.29 is 18.9 Å². The standard InChI is InChI=1S/C62H55N3O4S2/c1-2-3-4-5-6-11-30-63-55-35-45-37-59(64(53-20-12-16-41-14-7-9-18-49(41)53)47-26-22-43(23-27-47)61-66-31-32-67-61)70-57(45)39-51(55)52-40-58-46(36-56(52)63)38-60(71-58)65(54-21-13-17-42-15-8-10-19-50(42)54)48-28-24-44(25-29-48)62-68-33-34-69-62/h7-10,12-29,35-40,61-62H,2-6,11,30-34H2,1H3. The second kappa shape index (κ2) is 19.2. The molecule has 0 N–H and O–H groups in total. The summed E-state index contributed by atoms with van der Waals surface area (Å²) in [4.78, 5) is 4.87. The topological polar surface area (TPSA) is 48.3 Å². The number of rotatable bonds is 15. The number of anilines is 6. The average Bonchev–Trinajstić information content (AvgIpc) is 4.29. The van der Waals surface area contributed by atoms with Gasteiger partial charge in [0.25, 0.3) is 0 Å². The van der Waals surface area contributed by atoms with Gasteiger partial charge in [-0.2, -0.15) is 0 Å². The highest BCUT2D eigenvalue weighted by Crippen LogP contribution is 2.49. The second-order valence-electron chi connectivity index (χ2n) is 18.9. The number of unbranched alkanes of at least 4 members (excludes halogenated alkanes) is 5. The van der Waals surface area contributed by atoms with Crippen LogP contribution in [0.4, 0.5) is 32.8 Å². The zero-order chi connectivity index (χ0) is 47.3. The Bertz CT molecular complexity index is 3450. The van der Waals surface area contributed by atoms with Crippen LogP contribution in [0, 0.1) is 0 Å². The van der Waals surface area contributed by atoms with Gasteiger partial charge in [-0.1, -0.05) is 136 Å². The Morgan fingerprint density at radius 2 is 0.873 bits per heavy atom. The molecule has 0 bridgehead atoms. The summed E-state index contributed by atoms with van der Waals surface area (Å²) in [5, 5.41) is 12.3. The van der Waals surface area contributed by atoms with E-state index < -0.39 is 0 Å². The van der Waals surface area contributed by atoms with Gasteiger partial charge in [-0.3, -0.25) is 0 Å². The molecule has 13 rings (SSSR count). The lowest BCUT2D eigenvalue weighted by molar-refractivity contribution is -0.0443. The Morgan fingerprint density at radius 1 is 0.437 bits per heavy atom. The molecule has 0 aliphatic carbocycles. The largest absolute Gasteiger partial charge is 0.346 e. The molecule has 8 aromatic carbocycles. The van der Waals surface area contributed by atoms with Gasteiger partial charge in [-0.05, 0) is 101 Å². The number of thiophene rings is 2. The van der Waals surface area contributed by atoms with Gasteiger partial charge >= 0.3 is 0 Å². The Labute approximate surface area is 422 Å². The third-order valence-corrected chi connectivity index (χ3v) is 16.6. The summed E-state index contributed by atoms with van der Waals surface area (Å²) in [5.74, 6) is 0. The smallest absolute Gasteiger partial charge is 0.184 e. The van der Waals surface area contributed by atoms with Gasteiger partial charge in [-0.25, -0.2) is 0 Å². The number of ether oxygens (including phenoxy) is 4. The second-order valence-corrected chi connectivity index (χ2v) is 21.0. The van der Waals surface area contributed by atoms with Crippen LogP contribution in [0.15, 0.2) is 170 Å². The summed E-state index contributed by atoms with van der Waals surface area (Å²) in [6.45, 7) is 5.74. The molecule has 9 heteroatoms. The highest BCUT2D eigenvalue weighted by molar-refractivity contribution is 7.23. The summed E-state index contributed by atoms with van der Waals surface area (Å²) in [7, 11) is 0. The van der Waals surface area contributed by atoms with E-state index in [9.17, 15) is 0 Å². The van der Waals surface area contributed by atoms with Crippen molar-refractivity contribution in [3.05, 3.63) is 181 Å². The van der Waals surface area contributed by atoms with Crippen molar-refractivity contribution in [2.24, 2.45) is 0 Å². The van der Waals surface area contributed by atoms with Crippen molar-refractivity contribution in [1.82, 2.24) is 4.57 Å². The molecule has 7 nitrogen and oxygen atoms in total. The predicted molar refractivity (Wildman–Crippen MR) is 297 cm³/mol. The molecule has 2 fully saturated rings. The van der Waals surface area contributed by atoms with Crippen molar-refractivity contribution >= 4 is 119 Å². The molecule has 0 saturated carbocycles. The lowest BCUT2D eigenvalue weighted by atomic mass is 10.1. The van der Waals surface area contributed by atoms with Crippen LogP contribution >= 0.6 is 22.7 Å². The molecule has 0 radical (unpaired) electrons. The molecular weight excluding hydrogens is 915 g/mol. The van der Waals surface area contributed by atoms with Crippen molar-refractivity contribution in [2.75, 3.05) is 36.2 Å². The first-order valence-corrected chi connectivity index (χ1v) is 26.9. The molecule has 0 atom stereocenters. The number of hydrogen-bond donors (Lipinski definition) is 0. The minimum absolute atomic E-state index is 0.320. The fourth-order valence-electron chi connectivity index (χ4n) is 10.9. The summed E-state index contributed by atoms with van der Waals surface area (Å²) in [6.07, 6.45) is 6.87. The van der Waals surface area contributed by atoms with Gasteiger partial charge in [-0.15, -0.1) is 22.7 Å². The highest BCUT2D eigenvalue weighted by atomic mass is 32.1. The van der Waals surface area contributed by atoms with E-state index in [0.29, 0.717) is 26.4 Å². The van der Waals surface area contributed by atoms with Gasteiger partial charge in [0.15, 0.2) is 12.6 Å². The van der Waals surface area contributed by atoms with E-state index in [0.717, 1.165) is 46.8 Å². The fraction of sp³-hybridized carbons (Fsp3) is 0.226. The SMILES string of the molecule is CCCCCCCCn1c2cc3cc(N(c4ccc(C5OCCO5)cc4)c4cccc5ccccc45)sc3cc2c2cc3sc(N(c4ccc(C5OCCO5)cc4)c4cccc5ccccc45)cc3cc21.